The minimum Gasteiger partial charge on any atom is -0.497 e. The van der Waals surface area contributed by atoms with E-state index in [1.807, 2.05) is 0 Å². The number of ether oxygens (including phenoxy) is 1. The number of sulfonamides is 1. The molecule has 10 nitrogen and oxygen atoms in total. The number of benzene rings is 2. The Labute approximate surface area is 204 Å². The van der Waals surface area contributed by atoms with Crippen LogP contribution in [0.5, 0.6) is 5.75 Å². The van der Waals surface area contributed by atoms with Gasteiger partial charge in [0.05, 0.1) is 12.0 Å². The van der Waals surface area contributed by atoms with Crippen molar-refractivity contribution in [3.63, 3.8) is 0 Å². The molecule has 0 aliphatic carbocycles. The molecule has 1 aromatic heterocycles. The van der Waals surface area contributed by atoms with Crippen LogP contribution >= 0.6 is 0 Å². The van der Waals surface area contributed by atoms with E-state index in [9.17, 15) is 18.0 Å². The molecule has 0 spiro atoms. The largest absolute Gasteiger partial charge is 0.497 e. The zero-order valence-corrected chi connectivity index (χ0v) is 20.7. The highest BCUT2D eigenvalue weighted by molar-refractivity contribution is 7.89. The van der Waals surface area contributed by atoms with Crippen molar-refractivity contribution in [2.45, 2.75) is 43.7 Å². The number of hydrogen-bond donors (Lipinski definition) is 3. The second-order valence-corrected chi connectivity index (χ2v) is 10.5. The van der Waals surface area contributed by atoms with E-state index in [1.165, 1.54) is 30.5 Å². The minimum atomic E-state index is -3.71. The second-order valence-electron chi connectivity index (χ2n) is 8.82. The lowest BCUT2D eigenvalue weighted by Gasteiger charge is -2.21. The first-order chi connectivity index (χ1) is 16.5. The van der Waals surface area contributed by atoms with Gasteiger partial charge in [0.25, 0.3) is 5.91 Å². The van der Waals surface area contributed by atoms with E-state index in [-0.39, 0.29) is 17.0 Å². The fourth-order valence-electron chi connectivity index (χ4n) is 3.17. The number of amides is 2. The average Bonchev–Trinajstić information content (AvgIpc) is 3.33. The summed E-state index contributed by atoms with van der Waals surface area (Å²) in [5.74, 6) is -0.388. The number of hydrogen-bond acceptors (Lipinski definition) is 7. The molecule has 11 heteroatoms. The summed E-state index contributed by atoms with van der Waals surface area (Å²) in [7, 11) is -2.16. The summed E-state index contributed by atoms with van der Waals surface area (Å²) in [4.78, 5) is 29.5. The molecular weight excluding hydrogens is 472 g/mol. The number of carbonyl (C=O) groups is 2. The van der Waals surface area contributed by atoms with Gasteiger partial charge in [-0.2, -0.15) is 0 Å². The van der Waals surface area contributed by atoms with Crippen LogP contribution in [-0.2, 0) is 21.2 Å². The zero-order chi connectivity index (χ0) is 25.6. The Balaban J connectivity index is 1.76. The summed E-state index contributed by atoms with van der Waals surface area (Å²) in [6.07, 6.45) is 2.50. The quantitative estimate of drug-likeness (QED) is 0.410. The lowest BCUT2D eigenvalue weighted by atomic mass is 10.0. The Morgan fingerprint density at radius 1 is 1.06 bits per heavy atom. The molecule has 1 heterocycles. The zero-order valence-electron chi connectivity index (χ0n) is 19.9. The van der Waals surface area contributed by atoms with E-state index in [4.69, 9.17) is 9.15 Å². The number of anilines is 1. The highest BCUT2D eigenvalue weighted by Gasteiger charge is 2.24. The van der Waals surface area contributed by atoms with Crippen LogP contribution in [-0.4, -0.2) is 43.9 Å². The van der Waals surface area contributed by atoms with Crippen molar-refractivity contribution in [2.75, 3.05) is 12.4 Å². The van der Waals surface area contributed by atoms with Crippen LogP contribution in [0.1, 0.15) is 36.8 Å². The van der Waals surface area contributed by atoms with Crippen molar-refractivity contribution < 1.29 is 27.2 Å². The third-order valence-corrected chi connectivity index (χ3v) is 6.53. The number of oxazole rings is 1. The molecule has 0 saturated heterocycles. The Kier molecular flexibility index (Phi) is 7.92. The first kappa shape index (κ1) is 25.9. The molecule has 0 radical (unpaired) electrons. The van der Waals surface area contributed by atoms with E-state index >= 15 is 0 Å². The third-order valence-electron chi connectivity index (χ3n) is 4.76. The standard InChI is InChI=1S/C24H28N4O6S/c1-24(2,3)28-35(31,32)19-11-7-17(8-12-19)26-22(29)20(27-23(30)21-14-34-15-25-21)13-16-5-9-18(33-4)10-6-16/h5-12,14-15,20,28H,13H2,1-4H3,(H,26,29)(H,27,30)/t20-/m0/s1. The van der Waals surface area contributed by atoms with Crippen LogP contribution in [0.3, 0.4) is 0 Å². The molecule has 0 bridgehead atoms. The summed E-state index contributed by atoms with van der Waals surface area (Å²) in [5.41, 5.74) is 0.572. The van der Waals surface area contributed by atoms with Gasteiger partial charge in [0.1, 0.15) is 18.1 Å². The molecule has 2 amide bonds. The van der Waals surface area contributed by atoms with Gasteiger partial charge in [-0.05, 0) is 62.7 Å². The normalized spacial score (nSPS) is 12.6. The van der Waals surface area contributed by atoms with Crippen LogP contribution in [0.25, 0.3) is 0 Å². The van der Waals surface area contributed by atoms with Crippen LogP contribution in [0.15, 0.2) is 70.5 Å². The Morgan fingerprint density at radius 3 is 2.26 bits per heavy atom. The van der Waals surface area contributed by atoms with Crippen molar-refractivity contribution in [2.24, 2.45) is 0 Å². The van der Waals surface area contributed by atoms with Crippen molar-refractivity contribution in [1.29, 1.82) is 0 Å². The smallest absolute Gasteiger partial charge is 0.273 e. The summed E-state index contributed by atoms with van der Waals surface area (Å²) in [5, 5.41) is 5.39. The molecule has 0 unspecified atom stereocenters. The minimum absolute atomic E-state index is 0.0402. The molecule has 2 aromatic carbocycles. The average molecular weight is 501 g/mol. The molecule has 1 atom stereocenters. The predicted octanol–water partition coefficient (Wildman–Crippen LogP) is 2.74. The predicted molar refractivity (Wildman–Crippen MR) is 130 cm³/mol. The van der Waals surface area contributed by atoms with Crippen molar-refractivity contribution in [1.82, 2.24) is 15.0 Å². The maximum Gasteiger partial charge on any atom is 0.273 e. The lowest BCUT2D eigenvalue weighted by Crippen LogP contribution is -2.45. The lowest BCUT2D eigenvalue weighted by molar-refractivity contribution is -0.118. The molecular formula is C24H28N4O6S. The number of rotatable bonds is 9. The summed E-state index contributed by atoms with van der Waals surface area (Å²) < 4.78 is 37.6. The van der Waals surface area contributed by atoms with E-state index < -0.39 is 33.4 Å². The van der Waals surface area contributed by atoms with Gasteiger partial charge in [-0.25, -0.2) is 18.1 Å². The second kappa shape index (κ2) is 10.7. The summed E-state index contributed by atoms with van der Waals surface area (Å²) >= 11 is 0. The maximum absolute atomic E-state index is 13.1. The van der Waals surface area contributed by atoms with Crippen LogP contribution in [0.2, 0.25) is 0 Å². The van der Waals surface area contributed by atoms with Gasteiger partial charge in [-0.15, -0.1) is 0 Å². The number of nitrogens with one attached hydrogen (secondary N) is 3. The Bertz CT molecular complexity index is 1250. The van der Waals surface area contributed by atoms with Gasteiger partial charge in [0, 0.05) is 17.6 Å². The highest BCUT2D eigenvalue weighted by Crippen LogP contribution is 2.18. The number of aromatic nitrogens is 1. The fourth-order valence-corrected chi connectivity index (χ4v) is 4.59. The Hall–Kier alpha value is -3.70. The van der Waals surface area contributed by atoms with Crippen molar-refractivity contribution in [3.8, 4) is 5.75 Å². The molecule has 0 saturated carbocycles. The van der Waals surface area contributed by atoms with E-state index in [2.05, 4.69) is 20.3 Å². The van der Waals surface area contributed by atoms with Gasteiger partial charge in [-0.3, -0.25) is 9.59 Å². The fraction of sp³-hybridized carbons (Fsp3) is 0.292. The van der Waals surface area contributed by atoms with E-state index in [0.29, 0.717) is 11.4 Å². The summed E-state index contributed by atoms with van der Waals surface area (Å²) in [6, 6.07) is 11.9. The SMILES string of the molecule is COc1ccc(C[C@H](NC(=O)c2cocn2)C(=O)Nc2ccc(S(=O)(=O)NC(C)(C)C)cc2)cc1. The molecule has 3 rings (SSSR count). The van der Waals surface area contributed by atoms with Gasteiger partial charge >= 0.3 is 0 Å². The molecule has 3 N–H and O–H groups in total. The number of nitrogens with zero attached hydrogens (tertiary/aromatic N) is 1. The van der Waals surface area contributed by atoms with Crippen molar-refractivity contribution >= 4 is 27.5 Å². The molecule has 0 fully saturated rings. The summed E-state index contributed by atoms with van der Waals surface area (Å²) in [6.45, 7) is 5.24. The highest BCUT2D eigenvalue weighted by atomic mass is 32.2. The Morgan fingerprint density at radius 2 is 1.71 bits per heavy atom. The molecule has 0 aliphatic heterocycles. The molecule has 0 aliphatic rings. The number of carbonyl (C=O) groups excluding carboxylic acids is 2. The first-order valence-corrected chi connectivity index (χ1v) is 12.2. The van der Waals surface area contributed by atoms with Gasteiger partial charge in [-0.1, -0.05) is 12.1 Å². The van der Waals surface area contributed by atoms with Gasteiger partial charge in [0.2, 0.25) is 15.9 Å². The molecule has 35 heavy (non-hydrogen) atoms. The maximum atomic E-state index is 13.1. The van der Waals surface area contributed by atoms with Crippen LogP contribution in [0.4, 0.5) is 5.69 Å². The molecule has 3 aromatic rings. The van der Waals surface area contributed by atoms with Crippen LogP contribution in [0, 0.1) is 0 Å². The van der Waals surface area contributed by atoms with Crippen LogP contribution < -0.4 is 20.1 Å². The van der Waals surface area contributed by atoms with Gasteiger partial charge < -0.3 is 19.8 Å². The van der Waals surface area contributed by atoms with E-state index in [1.54, 1.807) is 52.1 Å². The first-order valence-electron chi connectivity index (χ1n) is 10.7. The van der Waals surface area contributed by atoms with Crippen molar-refractivity contribution in [3.05, 3.63) is 72.4 Å². The third kappa shape index (κ3) is 7.39. The molecule has 186 valence electrons. The number of methoxy groups -OCH3 is 1. The van der Waals surface area contributed by atoms with E-state index in [0.717, 1.165) is 12.0 Å². The monoisotopic (exact) mass is 500 g/mol. The topological polar surface area (TPSA) is 140 Å². The van der Waals surface area contributed by atoms with Gasteiger partial charge in [0.15, 0.2) is 12.1 Å².